The molecule has 1 aromatic rings. The van der Waals surface area contributed by atoms with Crippen molar-refractivity contribution in [2.45, 2.75) is 19.4 Å². The van der Waals surface area contributed by atoms with Crippen LogP contribution in [0.25, 0.3) is 0 Å². The lowest BCUT2D eigenvalue weighted by Crippen LogP contribution is -2.03. The lowest BCUT2D eigenvalue weighted by atomic mass is 10.0. The normalized spacial score (nSPS) is 16.6. The number of aliphatic hydroxyl groups excluding tert-OH is 1. The van der Waals surface area contributed by atoms with Gasteiger partial charge in [0.2, 0.25) is 0 Å². The summed E-state index contributed by atoms with van der Waals surface area (Å²) in [6, 6.07) is 5.65. The van der Waals surface area contributed by atoms with Crippen LogP contribution in [0.4, 0.5) is 0 Å². The van der Waals surface area contributed by atoms with Crippen LogP contribution in [0.1, 0.15) is 23.7 Å². The molecule has 1 aliphatic heterocycles. The van der Waals surface area contributed by atoms with Gasteiger partial charge in [-0.05, 0) is 36.3 Å². The summed E-state index contributed by atoms with van der Waals surface area (Å²) >= 11 is 0. The van der Waals surface area contributed by atoms with Crippen LogP contribution in [0.3, 0.4) is 0 Å². The van der Waals surface area contributed by atoms with Gasteiger partial charge < -0.3 is 14.6 Å². The molecule has 1 aromatic carbocycles. The van der Waals surface area contributed by atoms with Gasteiger partial charge in [-0.3, -0.25) is 0 Å². The van der Waals surface area contributed by atoms with Gasteiger partial charge in [-0.25, -0.2) is 0 Å². The maximum Gasteiger partial charge on any atom is 0.136 e. The van der Waals surface area contributed by atoms with Crippen LogP contribution in [-0.2, 0) is 4.74 Å². The first-order valence-corrected chi connectivity index (χ1v) is 5.38. The summed E-state index contributed by atoms with van der Waals surface area (Å²) in [5, 5.41) is 10.1. The van der Waals surface area contributed by atoms with Crippen LogP contribution < -0.4 is 4.74 Å². The Labute approximate surface area is 95.3 Å². The van der Waals surface area contributed by atoms with E-state index in [9.17, 15) is 5.11 Å². The van der Waals surface area contributed by atoms with Crippen molar-refractivity contribution >= 4 is 0 Å². The Morgan fingerprint density at radius 2 is 2.25 bits per heavy atom. The number of methoxy groups -OCH3 is 1. The first-order chi connectivity index (χ1) is 7.72. The number of aryl methyl sites for hydroxylation is 1. The zero-order chi connectivity index (χ0) is 11.5. The summed E-state index contributed by atoms with van der Waals surface area (Å²) in [5.41, 5.74) is 1.85. The van der Waals surface area contributed by atoms with Crippen LogP contribution in [0.2, 0.25) is 0 Å². The highest BCUT2D eigenvalue weighted by atomic mass is 16.5. The second-order valence-electron chi connectivity index (χ2n) is 3.88. The summed E-state index contributed by atoms with van der Waals surface area (Å²) in [5.74, 6) is 1.49. The van der Waals surface area contributed by atoms with Crippen LogP contribution in [0, 0.1) is 6.92 Å². The van der Waals surface area contributed by atoms with E-state index < -0.39 is 6.10 Å². The monoisotopic (exact) mass is 220 g/mol. The molecule has 1 aliphatic rings. The minimum Gasteiger partial charge on any atom is -0.496 e. The quantitative estimate of drug-likeness (QED) is 0.849. The van der Waals surface area contributed by atoms with Crippen molar-refractivity contribution in [3.8, 4) is 5.75 Å². The zero-order valence-electron chi connectivity index (χ0n) is 9.56. The van der Waals surface area contributed by atoms with E-state index in [1.54, 1.807) is 7.11 Å². The Balaban J connectivity index is 2.23. The third-order valence-electron chi connectivity index (χ3n) is 2.74. The van der Waals surface area contributed by atoms with E-state index in [0.29, 0.717) is 12.4 Å². The summed E-state index contributed by atoms with van der Waals surface area (Å²) in [6.45, 7) is 2.63. The van der Waals surface area contributed by atoms with E-state index in [-0.39, 0.29) is 0 Å². The predicted molar refractivity (Wildman–Crippen MR) is 61.3 cm³/mol. The van der Waals surface area contributed by atoms with Crippen molar-refractivity contribution in [2.24, 2.45) is 0 Å². The molecule has 0 amide bonds. The average molecular weight is 220 g/mol. The molecule has 1 atom stereocenters. The molecular weight excluding hydrogens is 204 g/mol. The number of benzene rings is 1. The topological polar surface area (TPSA) is 38.7 Å². The van der Waals surface area contributed by atoms with Crippen LogP contribution in [0.15, 0.2) is 30.0 Å². The third-order valence-corrected chi connectivity index (χ3v) is 2.74. The molecular formula is C13H16O3. The van der Waals surface area contributed by atoms with Gasteiger partial charge in [0.1, 0.15) is 17.6 Å². The van der Waals surface area contributed by atoms with Crippen LogP contribution in [-0.4, -0.2) is 18.8 Å². The second-order valence-corrected chi connectivity index (χ2v) is 3.88. The Morgan fingerprint density at radius 1 is 1.44 bits per heavy atom. The number of rotatable bonds is 3. The van der Waals surface area contributed by atoms with Gasteiger partial charge in [0.15, 0.2) is 0 Å². The molecule has 3 heteroatoms. The van der Waals surface area contributed by atoms with Gasteiger partial charge in [0.25, 0.3) is 0 Å². The van der Waals surface area contributed by atoms with Gasteiger partial charge in [0, 0.05) is 6.42 Å². The number of hydrogen-bond acceptors (Lipinski definition) is 3. The van der Waals surface area contributed by atoms with Gasteiger partial charge in [-0.15, -0.1) is 0 Å². The summed E-state index contributed by atoms with van der Waals surface area (Å²) in [6.07, 6.45) is 2.15. The fraction of sp³-hybridized carbons (Fsp3) is 0.385. The van der Waals surface area contributed by atoms with Crippen LogP contribution >= 0.6 is 0 Å². The van der Waals surface area contributed by atoms with E-state index in [0.717, 1.165) is 23.3 Å². The van der Waals surface area contributed by atoms with Gasteiger partial charge in [-0.1, -0.05) is 6.07 Å². The molecule has 1 heterocycles. The van der Waals surface area contributed by atoms with Crippen molar-refractivity contribution in [1.29, 1.82) is 0 Å². The number of ether oxygens (including phenoxy) is 2. The minimum atomic E-state index is -0.660. The summed E-state index contributed by atoms with van der Waals surface area (Å²) < 4.78 is 10.5. The minimum absolute atomic E-state index is 0.657. The van der Waals surface area contributed by atoms with Crippen molar-refractivity contribution < 1.29 is 14.6 Å². The molecule has 3 nitrogen and oxygen atoms in total. The molecule has 0 spiro atoms. The van der Waals surface area contributed by atoms with Gasteiger partial charge in [-0.2, -0.15) is 0 Å². The number of hydrogen-bond donors (Lipinski definition) is 1. The zero-order valence-corrected chi connectivity index (χ0v) is 9.56. The smallest absolute Gasteiger partial charge is 0.136 e. The first-order valence-electron chi connectivity index (χ1n) is 5.38. The lowest BCUT2D eigenvalue weighted by molar-refractivity contribution is 0.119. The molecule has 0 aliphatic carbocycles. The molecule has 0 radical (unpaired) electrons. The van der Waals surface area contributed by atoms with E-state index >= 15 is 0 Å². The Kier molecular flexibility index (Phi) is 3.15. The standard InChI is InChI=1S/C13H16O3/c1-9-8-10(5-6-11(9)15-2)13(14)12-4-3-7-16-12/h4-6,8,13-14H,3,7H2,1-2H3. The van der Waals surface area contributed by atoms with E-state index in [1.807, 2.05) is 31.2 Å². The maximum atomic E-state index is 10.1. The average Bonchev–Trinajstić information content (AvgIpc) is 2.81. The largest absolute Gasteiger partial charge is 0.496 e. The molecule has 0 saturated carbocycles. The van der Waals surface area contributed by atoms with Crippen molar-refractivity contribution in [3.63, 3.8) is 0 Å². The first kappa shape index (κ1) is 11.0. The molecule has 0 fully saturated rings. The highest BCUT2D eigenvalue weighted by Crippen LogP contribution is 2.29. The highest BCUT2D eigenvalue weighted by Gasteiger charge is 2.18. The molecule has 1 N–H and O–H groups in total. The predicted octanol–water partition coefficient (Wildman–Crippen LogP) is 2.34. The fourth-order valence-corrected chi connectivity index (χ4v) is 1.86. The van der Waals surface area contributed by atoms with Gasteiger partial charge >= 0.3 is 0 Å². The van der Waals surface area contributed by atoms with Crippen molar-refractivity contribution in [3.05, 3.63) is 41.2 Å². The van der Waals surface area contributed by atoms with Crippen molar-refractivity contribution in [1.82, 2.24) is 0 Å². The lowest BCUT2D eigenvalue weighted by Gasteiger charge is -2.14. The second kappa shape index (κ2) is 4.58. The summed E-state index contributed by atoms with van der Waals surface area (Å²) in [7, 11) is 1.64. The number of aliphatic hydroxyl groups is 1. The summed E-state index contributed by atoms with van der Waals surface area (Å²) in [4.78, 5) is 0. The molecule has 0 saturated heterocycles. The molecule has 0 bridgehead atoms. The fourth-order valence-electron chi connectivity index (χ4n) is 1.86. The molecule has 86 valence electrons. The Bertz CT molecular complexity index is 410. The highest BCUT2D eigenvalue weighted by molar-refractivity contribution is 5.38. The maximum absolute atomic E-state index is 10.1. The Morgan fingerprint density at radius 3 is 2.81 bits per heavy atom. The molecule has 16 heavy (non-hydrogen) atoms. The molecule has 0 aromatic heterocycles. The Hall–Kier alpha value is -1.48. The van der Waals surface area contributed by atoms with E-state index in [1.165, 1.54) is 0 Å². The van der Waals surface area contributed by atoms with E-state index in [2.05, 4.69) is 0 Å². The van der Waals surface area contributed by atoms with Gasteiger partial charge in [0.05, 0.1) is 13.7 Å². The van der Waals surface area contributed by atoms with Crippen LogP contribution in [0.5, 0.6) is 5.75 Å². The molecule has 2 rings (SSSR count). The SMILES string of the molecule is COc1ccc(C(O)C2=CCCO2)cc1C. The molecule has 1 unspecified atom stereocenters. The third kappa shape index (κ3) is 2.04. The van der Waals surface area contributed by atoms with Crippen molar-refractivity contribution in [2.75, 3.05) is 13.7 Å². The van der Waals surface area contributed by atoms with E-state index in [4.69, 9.17) is 9.47 Å².